The quantitative estimate of drug-likeness (QED) is 0.198. The minimum atomic E-state index is -4.50. The number of hydrogen-bond donors (Lipinski definition) is 1. The maximum atomic E-state index is 13.0. The molecule has 0 fully saturated rings. The Balaban J connectivity index is 0.000000226. The predicted molar refractivity (Wildman–Crippen MR) is 157 cm³/mol. The average Bonchev–Trinajstić information content (AvgIpc) is 2.92. The fraction of sp³-hybridized carbons (Fsp3) is 0.250. The summed E-state index contributed by atoms with van der Waals surface area (Å²) in [5.41, 5.74) is 2.31. The molecule has 0 aliphatic rings. The lowest BCUT2D eigenvalue weighted by Crippen LogP contribution is -2.12. The first-order valence-corrected chi connectivity index (χ1v) is 14.4. The number of rotatable bonds is 6. The van der Waals surface area contributed by atoms with E-state index in [1.807, 2.05) is 50.2 Å². The van der Waals surface area contributed by atoms with Crippen molar-refractivity contribution >= 4 is 31.9 Å². The van der Waals surface area contributed by atoms with Crippen LogP contribution < -0.4 is 0 Å². The first-order valence-electron chi connectivity index (χ1n) is 12.8. The van der Waals surface area contributed by atoms with Gasteiger partial charge in [-0.2, -0.15) is 26.3 Å². The maximum absolute atomic E-state index is 13.0. The van der Waals surface area contributed by atoms with E-state index in [4.69, 9.17) is 0 Å². The molecule has 1 nitrogen and oxygen atoms in total. The first kappa shape index (κ1) is 32.9. The van der Waals surface area contributed by atoms with Gasteiger partial charge in [0.2, 0.25) is 0 Å². The number of alkyl halides is 6. The van der Waals surface area contributed by atoms with Crippen molar-refractivity contribution in [1.29, 1.82) is 0 Å². The van der Waals surface area contributed by atoms with Crippen molar-refractivity contribution in [2.24, 2.45) is 0 Å². The Morgan fingerprint density at radius 1 is 0.610 bits per heavy atom. The van der Waals surface area contributed by atoms with Crippen molar-refractivity contribution in [3.8, 4) is 0 Å². The molecule has 0 spiro atoms. The molecule has 41 heavy (non-hydrogen) atoms. The molecule has 0 aromatic heterocycles. The highest BCUT2D eigenvalue weighted by atomic mass is 79.9. The summed E-state index contributed by atoms with van der Waals surface area (Å²) in [5.74, 6) is 0. The molecule has 0 heterocycles. The molecule has 0 aliphatic carbocycles. The molecule has 0 aliphatic heterocycles. The Hall–Kier alpha value is -2.62. The van der Waals surface area contributed by atoms with Gasteiger partial charge in [0.1, 0.15) is 6.10 Å². The van der Waals surface area contributed by atoms with Crippen LogP contribution in [0.1, 0.15) is 64.5 Å². The summed E-state index contributed by atoms with van der Waals surface area (Å²) in [5, 5.41) is 10.3. The Morgan fingerprint density at radius 2 is 1.05 bits per heavy atom. The number of hydrogen-bond acceptors (Lipinski definition) is 1. The van der Waals surface area contributed by atoms with E-state index in [9.17, 15) is 31.4 Å². The van der Waals surface area contributed by atoms with Crippen molar-refractivity contribution in [1.82, 2.24) is 0 Å². The van der Waals surface area contributed by atoms with Gasteiger partial charge >= 0.3 is 12.4 Å². The summed E-state index contributed by atoms with van der Waals surface area (Å²) < 4.78 is 79.3. The van der Waals surface area contributed by atoms with E-state index < -0.39 is 29.6 Å². The lowest BCUT2D eigenvalue weighted by atomic mass is 9.95. The fourth-order valence-corrected chi connectivity index (χ4v) is 5.02. The molecule has 1 unspecified atom stereocenters. The van der Waals surface area contributed by atoms with Crippen LogP contribution in [-0.4, -0.2) is 5.11 Å². The summed E-state index contributed by atoms with van der Waals surface area (Å²) in [6, 6.07) is 22.3. The molecular formula is C32H28Br2F6O. The number of aliphatic hydroxyl groups excluding tert-OH is 1. The van der Waals surface area contributed by atoms with Crippen LogP contribution in [0, 0.1) is 0 Å². The zero-order chi connectivity index (χ0) is 30.4. The normalized spacial score (nSPS) is 12.5. The summed E-state index contributed by atoms with van der Waals surface area (Å²) in [4.78, 5) is 0. The smallest absolute Gasteiger partial charge is 0.384 e. The molecule has 0 radical (unpaired) electrons. The van der Waals surface area contributed by atoms with Gasteiger partial charge in [-0.05, 0) is 89.0 Å². The van der Waals surface area contributed by atoms with Gasteiger partial charge in [0.15, 0.2) is 0 Å². The van der Waals surface area contributed by atoms with Gasteiger partial charge in [-0.15, -0.1) is 0 Å². The molecule has 218 valence electrons. The molecular weight excluding hydrogens is 674 g/mol. The molecule has 1 atom stereocenters. The van der Waals surface area contributed by atoms with Crippen molar-refractivity contribution in [2.75, 3.05) is 0 Å². The second-order valence-electron chi connectivity index (χ2n) is 9.37. The minimum Gasteiger partial charge on any atom is -0.384 e. The molecule has 0 amide bonds. The lowest BCUT2D eigenvalue weighted by molar-refractivity contribution is -0.139. The van der Waals surface area contributed by atoms with Crippen LogP contribution in [0.2, 0.25) is 0 Å². The molecule has 4 aromatic rings. The highest BCUT2D eigenvalue weighted by molar-refractivity contribution is 9.10. The number of aliphatic hydroxyl groups is 1. The van der Waals surface area contributed by atoms with Crippen molar-refractivity contribution in [3.05, 3.63) is 138 Å². The second-order valence-corrected chi connectivity index (χ2v) is 11.2. The largest absolute Gasteiger partial charge is 0.416 e. The molecule has 4 aromatic carbocycles. The Bertz CT molecular complexity index is 1430. The fourth-order valence-electron chi connectivity index (χ4n) is 4.23. The zero-order valence-corrected chi connectivity index (χ0v) is 25.4. The molecule has 0 saturated heterocycles. The van der Waals surface area contributed by atoms with Crippen molar-refractivity contribution in [3.63, 3.8) is 0 Å². The van der Waals surface area contributed by atoms with Crippen LogP contribution in [0.4, 0.5) is 26.3 Å². The molecule has 0 saturated carbocycles. The standard InChI is InChI=1S/C16H14BrF3O.C16H14BrF3/c1-2-10-3-5-11(6-4-10)15(21)13-9-12(17)7-8-14(13)16(18,19)20;1-2-11-3-5-12(6-4-11)9-13-10-14(17)7-8-15(13)16(18,19)20/h3-9,15,21H,2H2,1H3;3-8,10H,2,9H2,1H3. The van der Waals surface area contributed by atoms with Gasteiger partial charge < -0.3 is 5.11 Å². The summed E-state index contributed by atoms with van der Waals surface area (Å²) >= 11 is 6.38. The van der Waals surface area contributed by atoms with Gasteiger partial charge in [0.25, 0.3) is 0 Å². The average molecular weight is 702 g/mol. The summed E-state index contributed by atoms with van der Waals surface area (Å²) in [7, 11) is 0. The van der Waals surface area contributed by atoms with Crippen molar-refractivity contribution in [2.45, 2.75) is 51.6 Å². The monoisotopic (exact) mass is 700 g/mol. The van der Waals surface area contributed by atoms with Gasteiger partial charge in [0.05, 0.1) is 11.1 Å². The predicted octanol–water partition coefficient (Wildman–Crippen LogP) is 10.7. The third kappa shape index (κ3) is 9.18. The van der Waals surface area contributed by atoms with E-state index in [2.05, 4.69) is 31.9 Å². The van der Waals surface area contributed by atoms with E-state index in [1.54, 1.807) is 12.1 Å². The van der Waals surface area contributed by atoms with Crippen LogP contribution in [-0.2, 0) is 31.6 Å². The molecule has 9 heteroatoms. The highest BCUT2D eigenvalue weighted by Crippen LogP contribution is 2.38. The van der Waals surface area contributed by atoms with Crippen LogP contribution in [0.5, 0.6) is 0 Å². The highest BCUT2D eigenvalue weighted by Gasteiger charge is 2.35. The Morgan fingerprint density at radius 3 is 1.54 bits per heavy atom. The number of benzene rings is 4. The first-order chi connectivity index (χ1) is 19.2. The van der Waals surface area contributed by atoms with Crippen LogP contribution in [0.15, 0.2) is 93.9 Å². The van der Waals surface area contributed by atoms with Gasteiger partial charge in [0, 0.05) is 8.95 Å². The van der Waals surface area contributed by atoms with Crippen LogP contribution >= 0.6 is 31.9 Å². The third-order valence-corrected chi connectivity index (χ3v) is 7.50. The Kier molecular flexibility index (Phi) is 11.3. The second kappa shape index (κ2) is 14.0. The van der Waals surface area contributed by atoms with E-state index in [1.165, 1.54) is 29.8 Å². The molecule has 4 rings (SSSR count). The SMILES string of the molecule is CCc1ccc(C(O)c2cc(Br)ccc2C(F)(F)F)cc1.CCc1ccc(Cc2cc(Br)ccc2C(F)(F)F)cc1. The van der Waals surface area contributed by atoms with Crippen LogP contribution in [0.3, 0.4) is 0 Å². The number of halogens is 8. The summed E-state index contributed by atoms with van der Waals surface area (Å²) in [6.45, 7) is 4.03. The summed E-state index contributed by atoms with van der Waals surface area (Å²) in [6.07, 6.45) is -8.10. The topological polar surface area (TPSA) is 20.2 Å². The van der Waals surface area contributed by atoms with Crippen LogP contribution in [0.25, 0.3) is 0 Å². The zero-order valence-electron chi connectivity index (χ0n) is 22.3. The van der Waals surface area contributed by atoms with E-state index in [0.29, 0.717) is 14.5 Å². The number of aryl methyl sites for hydroxylation is 2. The molecule has 1 N–H and O–H groups in total. The van der Waals surface area contributed by atoms with Gasteiger partial charge in [-0.3, -0.25) is 0 Å². The molecule has 0 bridgehead atoms. The Labute approximate surface area is 252 Å². The minimum absolute atomic E-state index is 0.152. The third-order valence-electron chi connectivity index (χ3n) is 6.52. The van der Waals surface area contributed by atoms with E-state index in [-0.39, 0.29) is 17.5 Å². The van der Waals surface area contributed by atoms with E-state index >= 15 is 0 Å². The van der Waals surface area contributed by atoms with Gasteiger partial charge in [-0.25, -0.2) is 0 Å². The maximum Gasteiger partial charge on any atom is 0.416 e. The lowest BCUT2D eigenvalue weighted by Gasteiger charge is -2.18. The van der Waals surface area contributed by atoms with Crippen molar-refractivity contribution < 1.29 is 31.4 Å². The van der Waals surface area contributed by atoms with Gasteiger partial charge in [-0.1, -0.05) is 94.2 Å². The van der Waals surface area contributed by atoms with E-state index in [0.717, 1.165) is 36.1 Å².